The number of imide groups is 1. The number of hydrogen-bond acceptors (Lipinski definition) is 4. The van der Waals surface area contributed by atoms with E-state index in [4.69, 9.17) is 16.3 Å². The molecular weight excluding hydrogens is 340 g/mol. The summed E-state index contributed by atoms with van der Waals surface area (Å²) in [5.74, 6) is -0.516. The van der Waals surface area contributed by atoms with E-state index in [2.05, 4.69) is 5.32 Å². The van der Waals surface area contributed by atoms with Gasteiger partial charge in [-0.1, -0.05) is 23.7 Å². The number of benzene rings is 2. The Labute approximate surface area is 150 Å². The molecule has 0 aromatic heterocycles. The topological polar surface area (TPSA) is 58.6 Å². The molecule has 0 atom stereocenters. The monoisotopic (exact) mass is 356 g/mol. The number of hydrogen-bond donors (Lipinski definition) is 1. The zero-order chi connectivity index (χ0) is 18.1. The molecule has 0 saturated heterocycles. The first-order chi connectivity index (χ1) is 11.9. The van der Waals surface area contributed by atoms with Crippen LogP contribution in [0.3, 0.4) is 0 Å². The van der Waals surface area contributed by atoms with E-state index in [-0.39, 0.29) is 10.7 Å². The number of aryl methyl sites for hydroxylation is 2. The van der Waals surface area contributed by atoms with Crippen molar-refractivity contribution in [1.29, 1.82) is 0 Å². The average Bonchev–Trinajstić information content (AvgIpc) is 2.81. The molecule has 0 radical (unpaired) electrons. The summed E-state index contributed by atoms with van der Waals surface area (Å²) in [6.07, 6.45) is 0. The lowest BCUT2D eigenvalue weighted by Gasteiger charge is -2.16. The molecule has 0 aliphatic carbocycles. The number of nitrogens with zero attached hydrogens (tertiary/aromatic N) is 1. The lowest BCUT2D eigenvalue weighted by atomic mass is 10.1. The number of carbonyl (C=O) groups is 2. The molecule has 6 heteroatoms. The molecule has 0 unspecified atom stereocenters. The van der Waals surface area contributed by atoms with E-state index in [0.717, 1.165) is 16.0 Å². The highest BCUT2D eigenvalue weighted by atomic mass is 35.5. The van der Waals surface area contributed by atoms with E-state index >= 15 is 0 Å². The number of carbonyl (C=O) groups excluding carboxylic acids is 2. The number of ether oxygens (including phenoxy) is 1. The molecule has 1 aliphatic heterocycles. The standard InChI is InChI=1S/C19H17ClN2O3/c1-11-7-8-13(9-12(11)2)21-17-16(20)18(23)22(19(17)24)14-5-4-6-15(10-14)25-3/h4-10,21H,1-3H3. The van der Waals surface area contributed by atoms with Crippen molar-refractivity contribution in [2.45, 2.75) is 13.8 Å². The van der Waals surface area contributed by atoms with Gasteiger partial charge >= 0.3 is 0 Å². The first kappa shape index (κ1) is 17.0. The molecule has 128 valence electrons. The minimum Gasteiger partial charge on any atom is -0.497 e. The van der Waals surface area contributed by atoms with Crippen LogP contribution in [0, 0.1) is 13.8 Å². The van der Waals surface area contributed by atoms with Gasteiger partial charge < -0.3 is 10.1 Å². The predicted molar refractivity (Wildman–Crippen MR) is 97.9 cm³/mol. The van der Waals surface area contributed by atoms with Gasteiger partial charge in [0.25, 0.3) is 11.8 Å². The summed E-state index contributed by atoms with van der Waals surface area (Å²) in [6, 6.07) is 12.4. The Morgan fingerprint density at radius 2 is 1.76 bits per heavy atom. The molecule has 0 saturated carbocycles. The predicted octanol–water partition coefficient (Wildman–Crippen LogP) is 3.75. The summed E-state index contributed by atoms with van der Waals surface area (Å²) < 4.78 is 5.15. The van der Waals surface area contributed by atoms with E-state index < -0.39 is 11.8 Å². The molecule has 0 spiro atoms. The van der Waals surface area contributed by atoms with Crippen molar-refractivity contribution in [2.75, 3.05) is 17.3 Å². The van der Waals surface area contributed by atoms with Gasteiger partial charge in [0.2, 0.25) is 0 Å². The van der Waals surface area contributed by atoms with Gasteiger partial charge in [0, 0.05) is 11.8 Å². The Kier molecular flexibility index (Phi) is 4.51. The summed E-state index contributed by atoms with van der Waals surface area (Å²) in [5.41, 5.74) is 3.38. The zero-order valence-corrected chi connectivity index (χ0v) is 14.8. The van der Waals surface area contributed by atoms with Crippen LogP contribution >= 0.6 is 11.6 Å². The van der Waals surface area contributed by atoms with Crippen LogP contribution in [0.5, 0.6) is 5.75 Å². The molecule has 1 aliphatic rings. The third kappa shape index (κ3) is 3.10. The second kappa shape index (κ2) is 6.61. The van der Waals surface area contributed by atoms with Crippen LogP contribution in [0.1, 0.15) is 11.1 Å². The van der Waals surface area contributed by atoms with Crippen LogP contribution in [-0.2, 0) is 9.59 Å². The molecule has 25 heavy (non-hydrogen) atoms. The Morgan fingerprint density at radius 3 is 2.44 bits per heavy atom. The summed E-state index contributed by atoms with van der Waals surface area (Å²) in [6.45, 7) is 3.97. The fourth-order valence-corrected chi connectivity index (χ4v) is 2.77. The maximum absolute atomic E-state index is 12.7. The molecule has 0 fully saturated rings. The highest BCUT2D eigenvalue weighted by Gasteiger charge is 2.39. The Bertz CT molecular complexity index is 905. The summed E-state index contributed by atoms with van der Waals surface area (Å²) >= 11 is 6.14. The largest absolute Gasteiger partial charge is 0.497 e. The van der Waals surface area contributed by atoms with Crippen LogP contribution in [0.2, 0.25) is 0 Å². The minimum absolute atomic E-state index is 0.0674. The van der Waals surface area contributed by atoms with E-state index in [1.807, 2.05) is 32.0 Å². The lowest BCUT2D eigenvalue weighted by Crippen LogP contribution is -2.32. The maximum atomic E-state index is 12.7. The van der Waals surface area contributed by atoms with Gasteiger partial charge in [0.15, 0.2) is 0 Å². The van der Waals surface area contributed by atoms with Crippen LogP contribution in [0.4, 0.5) is 11.4 Å². The summed E-state index contributed by atoms with van der Waals surface area (Å²) in [7, 11) is 1.52. The highest BCUT2D eigenvalue weighted by Crippen LogP contribution is 2.31. The zero-order valence-electron chi connectivity index (χ0n) is 14.1. The number of anilines is 2. The van der Waals surface area contributed by atoms with Crippen LogP contribution in [0.15, 0.2) is 53.2 Å². The van der Waals surface area contributed by atoms with Gasteiger partial charge in [-0.3, -0.25) is 9.59 Å². The number of methoxy groups -OCH3 is 1. The fourth-order valence-electron chi connectivity index (χ4n) is 2.56. The van der Waals surface area contributed by atoms with Crippen molar-refractivity contribution in [1.82, 2.24) is 0 Å². The molecule has 2 aromatic carbocycles. The smallest absolute Gasteiger partial charge is 0.283 e. The summed E-state index contributed by atoms with van der Waals surface area (Å²) in [4.78, 5) is 26.2. The normalized spacial score (nSPS) is 14.3. The van der Waals surface area contributed by atoms with E-state index in [1.165, 1.54) is 7.11 Å². The quantitative estimate of drug-likeness (QED) is 0.848. The SMILES string of the molecule is COc1cccc(N2C(=O)C(Cl)=C(Nc3ccc(C)c(C)c3)C2=O)c1. The van der Waals surface area contributed by atoms with Crippen LogP contribution in [0.25, 0.3) is 0 Å². The lowest BCUT2D eigenvalue weighted by molar-refractivity contribution is -0.120. The van der Waals surface area contributed by atoms with E-state index in [1.54, 1.807) is 24.3 Å². The number of nitrogens with one attached hydrogen (secondary N) is 1. The van der Waals surface area contributed by atoms with Crippen molar-refractivity contribution in [3.05, 3.63) is 64.3 Å². The third-order valence-electron chi connectivity index (χ3n) is 4.12. The molecule has 0 bridgehead atoms. The van der Waals surface area contributed by atoms with Gasteiger partial charge in [-0.2, -0.15) is 0 Å². The molecular formula is C19H17ClN2O3. The maximum Gasteiger partial charge on any atom is 0.283 e. The van der Waals surface area contributed by atoms with Gasteiger partial charge in [0.1, 0.15) is 16.5 Å². The van der Waals surface area contributed by atoms with E-state index in [0.29, 0.717) is 17.1 Å². The first-order valence-electron chi connectivity index (χ1n) is 7.69. The Hall–Kier alpha value is -2.79. The first-order valence-corrected chi connectivity index (χ1v) is 8.07. The van der Waals surface area contributed by atoms with Crippen molar-refractivity contribution in [3.63, 3.8) is 0 Å². The van der Waals surface area contributed by atoms with Gasteiger partial charge in [-0.15, -0.1) is 0 Å². The second-order valence-electron chi connectivity index (χ2n) is 5.76. The third-order valence-corrected chi connectivity index (χ3v) is 4.47. The van der Waals surface area contributed by atoms with Crippen LogP contribution in [-0.4, -0.2) is 18.9 Å². The number of halogens is 1. The van der Waals surface area contributed by atoms with Gasteiger partial charge in [-0.05, 0) is 49.2 Å². The minimum atomic E-state index is -0.564. The molecule has 5 nitrogen and oxygen atoms in total. The van der Waals surface area contributed by atoms with Crippen LogP contribution < -0.4 is 15.0 Å². The van der Waals surface area contributed by atoms with Crippen molar-refractivity contribution in [2.24, 2.45) is 0 Å². The Morgan fingerprint density at radius 1 is 1.00 bits per heavy atom. The Balaban J connectivity index is 1.92. The second-order valence-corrected chi connectivity index (χ2v) is 6.14. The molecule has 1 N–H and O–H groups in total. The van der Waals surface area contributed by atoms with Crippen molar-refractivity contribution >= 4 is 34.8 Å². The molecule has 1 heterocycles. The molecule has 2 aromatic rings. The highest BCUT2D eigenvalue weighted by molar-refractivity contribution is 6.53. The van der Waals surface area contributed by atoms with Gasteiger partial charge in [0.05, 0.1) is 12.8 Å². The molecule has 2 amide bonds. The number of amides is 2. The summed E-state index contributed by atoms with van der Waals surface area (Å²) in [5, 5.41) is 2.84. The average molecular weight is 357 g/mol. The fraction of sp³-hybridized carbons (Fsp3) is 0.158. The van der Waals surface area contributed by atoms with E-state index in [9.17, 15) is 9.59 Å². The van der Waals surface area contributed by atoms with Crippen molar-refractivity contribution in [3.8, 4) is 5.75 Å². The molecule has 3 rings (SSSR count). The number of rotatable bonds is 4. The van der Waals surface area contributed by atoms with Crippen molar-refractivity contribution < 1.29 is 14.3 Å². The van der Waals surface area contributed by atoms with Gasteiger partial charge in [-0.25, -0.2) is 4.90 Å².